The molecule has 0 amide bonds. The summed E-state index contributed by atoms with van der Waals surface area (Å²) in [6, 6.07) is 2.35. The smallest absolute Gasteiger partial charge is 0.308 e. The first-order valence-corrected chi connectivity index (χ1v) is 6.34. The minimum atomic E-state index is -1.52. The van der Waals surface area contributed by atoms with Gasteiger partial charge in [-0.25, -0.2) is 0 Å². The number of benzene rings is 1. The Morgan fingerprint density at radius 2 is 2.10 bits per heavy atom. The Kier molecular flexibility index (Phi) is 5.62. The summed E-state index contributed by atoms with van der Waals surface area (Å²) in [7, 11) is 0. The molecule has 2 unspecified atom stereocenters. The molecule has 0 bridgehead atoms. The number of ether oxygens (including phenoxy) is 1. The summed E-state index contributed by atoms with van der Waals surface area (Å²) >= 11 is 0. The minimum absolute atomic E-state index is 0.0125. The monoisotopic (exact) mass is 298 g/mol. The summed E-state index contributed by atoms with van der Waals surface area (Å²) in [5, 5.41) is 30.7. The van der Waals surface area contributed by atoms with Crippen molar-refractivity contribution in [2.75, 3.05) is 12.3 Å². The van der Waals surface area contributed by atoms with Crippen LogP contribution in [-0.4, -0.2) is 33.8 Å². The van der Waals surface area contributed by atoms with Crippen LogP contribution in [0.25, 0.3) is 0 Å². The number of hydrogen-bond donors (Lipinski definition) is 3. The molecule has 0 fully saturated rings. The van der Waals surface area contributed by atoms with Crippen molar-refractivity contribution in [2.45, 2.75) is 32.5 Å². The second-order valence-corrected chi connectivity index (χ2v) is 4.54. The highest BCUT2D eigenvalue weighted by molar-refractivity contribution is 5.70. The highest BCUT2D eigenvalue weighted by atomic mass is 16.6. The Labute approximate surface area is 121 Å². The van der Waals surface area contributed by atoms with Crippen molar-refractivity contribution < 1.29 is 24.7 Å². The highest BCUT2D eigenvalue weighted by Crippen LogP contribution is 2.31. The van der Waals surface area contributed by atoms with E-state index >= 15 is 0 Å². The van der Waals surface area contributed by atoms with Crippen molar-refractivity contribution in [3.8, 4) is 0 Å². The van der Waals surface area contributed by atoms with E-state index in [1.807, 2.05) is 0 Å². The van der Waals surface area contributed by atoms with Crippen molar-refractivity contribution in [3.05, 3.63) is 33.4 Å². The van der Waals surface area contributed by atoms with E-state index in [9.17, 15) is 25.1 Å². The molecule has 0 radical (unpaired) electrons. The summed E-state index contributed by atoms with van der Waals surface area (Å²) < 4.78 is 4.66. The summed E-state index contributed by atoms with van der Waals surface area (Å²) in [6.45, 7) is 3.32. The number of aliphatic hydroxyl groups excluding tert-OH is 2. The molecule has 116 valence electrons. The van der Waals surface area contributed by atoms with Crippen LogP contribution in [0.1, 0.15) is 30.6 Å². The van der Waals surface area contributed by atoms with Crippen LogP contribution < -0.4 is 5.73 Å². The Morgan fingerprint density at radius 3 is 2.62 bits per heavy atom. The molecule has 0 spiro atoms. The van der Waals surface area contributed by atoms with Crippen molar-refractivity contribution in [1.82, 2.24) is 0 Å². The van der Waals surface area contributed by atoms with Gasteiger partial charge in [-0.2, -0.15) is 0 Å². The van der Waals surface area contributed by atoms with Gasteiger partial charge in [0.05, 0.1) is 24.1 Å². The summed E-state index contributed by atoms with van der Waals surface area (Å²) in [5.74, 6) is -0.676. The zero-order valence-electron chi connectivity index (χ0n) is 11.8. The van der Waals surface area contributed by atoms with Gasteiger partial charge in [0.1, 0.15) is 6.10 Å². The molecule has 8 nitrogen and oxygen atoms in total. The Bertz CT molecular complexity index is 546. The molecule has 0 aliphatic carbocycles. The van der Waals surface area contributed by atoms with Crippen LogP contribution in [0.2, 0.25) is 0 Å². The summed E-state index contributed by atoms with van der Waals surface area (Å²) in [4.78, 5) is 21.5. The number of aliphatic hydroxyl groups is 2. The van der Waals surface area contributed by atoms with Gasteiger partial charge in [-0.3, -0.25) is 14.9 Å². The molecule has 1 aromatic carbocycles. The van der Waals surface area contributed by atoms with Crippen molar-refractivity contribution in [3.63, 3.8) is 0 Å². The van der Waals surface area contributed by atoms with Crippen molar-refractivity contribution in [1.29, 1.82) is 0 Å². The van der Waals surface area contributed by atoms with Gasteiger partial charge in [-0.05, 0) is 19.4 Å². The lowest BCUT2D eigenvalue weighted by Gasteiger charge is -2.19. The van der Waals surface area contributed by atoms with Gasteiger partial charge in [0.25, 0.3) is 5.69 Å². The Balaban J connectivity index is 3.03. The fourth-order valence-corrected chi connectivity index (χ4v) is 1.87. The van der Waals surface area contributed by atoms with Crippen molar-refractivity contribution >= 4 is 17.3 Å². The number of nitrogens with zero attached hydrogens (tertiary/aromatic N) is 1. The number of rotatable bonds is 6. The fraction of sp³-hybridized carbons (Fsp3) is 0.462. The van der Waals surface area contributed by atoms with Crippen LogP contribution >= 0.6 is 0 Å². The molecule has 4 N–H and O–H groups in total. The standard InChI is InChI=1S/C13H18N2O6/c1-3-21-11(17)6-10(16)13(18)9-5-8(15(19)20)4-7(2)12(9)14/h4-5,10,13,16,18H,3,6,14H2,1-2H3. The number of nitro benzene ring substituents is 1. The number of nitrogen functional groups attached to an aromatic ring is 1. The van der Waals surface area contributed by atoms with Crippen LogP contribution in [0.4, 0.5) is 11.4 Å². The number of anilines is 1. The molecule has 0 heterocycles. The number of hydrogen-bond acceptors (Lipinski definition) is 7. The summed E-state index contributed by atoms with van der Waals surface area (Å²) in [5.41, 5.74) is 6.07. The van der Waals surface area contributed by atoms with E-state index in [4.69, 9.17) is 5.73 Å². The number of nitro groups is 1. The molecule has 0 saturated heterocycles. The topological polar surface area (TPSA) is 136 Å². The van der Waals surface area contributed by atoms with Crippen LogP contribution in [0.3, 0.4) is 0 Å². The summed E-state index contributed by atoms with van der Waals surface area (Å²) in [6.07, 6.45) is -3.42. The van der Waals surface area contributed by atoms with E-state index in [0.717, 1.165) is 6.07 Å². The van der Waals surface area contributed by atoms with Gasteiger partial charge in [0.2, 0.25) is 0 Å². The fourth-order valence-electron chi connectivity index (χ4n) is 1.87. The van der Waals surface area contributed by atoms with Crippen LogP contribution in [0, 0.1) is 17.0 Å². The Hall–Kier alpha value is -2.19. The van der Waals surface area contributed by atoms with E-state index in [1.54, 1.807) is 13.8 Å². The molecule has 1 rings (SSSR count). The Morgan fingerprint density at radius 1 is 1.48 bits per heavy atom. The third kappa shape index (κ3) is 4.14. The number of non-ortho nitro benzene ring substituents is 1. The largest absolute Gasteiger partial charge is 0.466 e. The number of aryl methyl sites for hydroxylation is 1. The maximum Gasteiger partial charge on any atom is 0.308 e. The third-order valence-corrected chi connectivity index (χ3v) is 2.98. The first-order chi connectivity index (χ1) is 9.77. The van der Waals surface area contributed by atoms with Crippen molar-refractivity contribution in [2.24, 2.45) is 0 Å². The molecule has 0 aliphatic rings. The lowest BCUT2D eigenvalue weighted by Crippen LogP contribution is -2.24. The van der Waals surface area contributed by atoms with Crippen LogP contribution in [0.15, 0.2) is 12.1 Å². The van der Waals surface area contributed by atoms with Gasteiger partial charge in [-0.15, -0.1) is 0 Å². The van der Waals surface area contributed by atoms with E-state index in [-0.39, 0.29) is 23.5 Å². The molecule has 1 aromatic rings. The van der Waals surface area contributed by atoms with Crippen LogP contribution in [-0.2, 0) is 9.53 Å². The number of nitrogens with two attached hydrogens (primary N) is 1. The second-order valence-electron chi connectivity index (χ2n) is 4.54. The molecule has 2 atom stereocenters. The number of carbonyl (C=O) groups is 1. The van der Waals surface area contributed by atoms with Gasteiger partial charge in [0, 0.05) is 23.4 Å². The zero-order chi connectivity index (χ0) is 16.2. The minimum Gasteiger partial charge on any atom is -0.466 e. The van der Waals surface area contributed by atoms with Gasteiger partial charge < -0.3 is 20.7 Å². The zero-order valence-corrected chi connectivity index (χ0v) is 11.8. The molecule has 21 heavy (non-hydrogen) atoms. The molecule has 8 heteroatoms. The maximum atomic E-state index is 11.3. The third-order valence-electron chi connectivity index (χ3n) is 2.98. The normalized spacial score (nSPS) is 13.5. The molecule has 0 saturated carbocycles. The maximum absolute atomic E-state index is 11.3. The van der Waals surface area contributed by atoms with E-state index in [0.29, 0.717) is 5.56 Å². The van der Waals surface area contributed by atoms with E-state index in [1.165, 1.54) is 6.07 Å². The quantitative estimate of drug-likeness (QED) is 0.306. The number of carbonyl (C=O) groups excluding carboxylic acids is 1. The van der Waals surface area contributed by atoms with Gasteiger partial charge in [0.15, 0.2) is 0 Å². The molecule has 0 aromatic heterocycles. The van der Waals surface area contributed by atoms with Crippen LogP contribution in [0.5, 0.6) is 0 Å². The second kappa shape index (κ2) is 7.00. The molecular weight excluding hydrogens is 280 g/mol. The number of esters is 1. The lowest BCUT2D eigenvalue weighted by atomic mass is 9.97. The highest BCUT2D eigenvalue weighted by Gasteiger charge is 2.26. The van der Waals surface area contributed by atoms with E-state index < -0.39 is 29.5 Å². The van der Waals surface area contributed by atoms with Gasteiger partial charge in [-0.1, -0.05) is 0 Å². The lowest BCUT2D eigenvalue weighted by molar-refractivity contribution is -0.385. The van der Waals surface area contributed by atoms with Gasteiger partial charge >= 0.3 is 5.97 Å². The van der Waals surface area contributed by atoms with E-state index in [2.05, 4.69) is 4.74 Å². The first kappa shape index (κ1) is 16.9. The average molecular weight is 298 g/mol. The predicted octanol–water partition coefficient (Wildman–Crippen LogP) is 0.833. The SMILES string of the molecule is CCOC(=O)CC(O)C(O)c1cc([N+](=O)[O-])cc(C)c1N. The first-order valence-electron chi connectivity index (χ1n) is 6.34. The predicted molar refractivity (Wildman–Crippen MR) is 74.5 cm³/mol. The molecule has 0 aliphatic heterocycles. The molecular formula is C13H18N2O6. The average Bonchev–Trinajstić information content (AvgIpc) is 2.40.